The van der Waals surface area contributed by atoms with Crippen LogP contribution in [0.1, 0.15) is 11.6 Å². The van der Waals surface area contributed by atoms with E-state index in [0.717, 1.165) is 5.56 Å². The summed E-state index contributed by atoms with van der Waals surface area (Å²) in [5.74, 6) is 0. The third-order valence-electron chi connectivity index (χ3n) is 1.54. The first-order chi connectivity index (χ1) is 5.38. The maximum absolute atomic E-state index is 10.3. The van der Waals surface area contributed by atoms with Gasteiger partial charge >= 0.3 is 0 Å². The van der Waals surface area contributed by atoms with Crippen molar-refractivity contribution < 1.29 is 4.79 Å². The van der Waals surface area contributed by atoms with E-state index in [1.807, 2.05) is 36.6 Å². The Labute approximate surface area is 66.2 Å². The summed E-state index contributed by atoms with van der Waals surface area (Å²) in [5, 5.41) is 2.84. The standard InChI is InChI=1S/C9H10NO/c1-10-9(7-11)8-5-3-2-4-6-8/h2-6,9-10H,1H3/t9-/m1/s1. The van der Waals surface area contributed by atoms with E-state index in [2.05, 4.69) is 5.32 Å². The maximum atomic E-state index is 10.3. The van der Waals surface area contributed by atoms with Crippen molar-refractivity contribution in [1.82, 2.24) is 5.32 Å². The zero-order valence-corrected chi connectivity index (χ0v) is 6.37. The molecule has 1 radical (unpaired) electrons. The third-order valence-corrected chi connectivity index (χ3v) is 1.54. The predicted octanol–water partition coefficient (Wildman–Crippen LogP) is 1.06. The van der Waals surface area contributed by atoms with E-state index in [0.29, 0.717) is 0 Å². The molecule has 57 valence electrons. The topological polar surface area (TPSA) is 29.1 Å². The molecule has 0 aliphatic heterocycles. The molecule has 0 bridgehead atoms. The molecule has 0 fully saturated rings. The molecular weight excluding hydrogens is 138 g/mol. The van der Waals surface area contributed by atoms with Gasteiger partial charge in [0.25, 0.3) is 0 Å². The van der Waals surface area contributed by atoms with Crippen LogP contribution in [0.2, 0.25) is 0 Å². The first-order valence-electron chi connectivity index (χ1n) is 3.48. The van der Waals surface area contributed by atoms with Crippen LogP contribution >= 0.6 is 0 Å². The molecule has 0 heterocycles. The lowest BCUT2D eigenvalue weighted by Crippen LogP contribution is -2.16. The number of rotatable bonds is 3. The van der Waals surface area contributed by atoms with Crippen LogP contribution in [-0.2, 0) is 4.79 Å². The molecular formula is C9H10NO. The van der Waals surface area contributed by atoms with Gasteiger partial charge in [-0.1, -0.05) is 30.3 Å². The lowest BCUT2D eigenvalue weighted by molar-refractivity contribution is 0.532. The Hall–Kier alpha value is -1.15. The highest BCUT2D eigenvalue weighted by Crippen LogP contribution is 2.07. The molecule has 0 saturated heterocycles. The third kappa shape index (κ3) is 1.88. The average Bonchev–Trinajstić information content (AvgIpc) is 2.09. The molecule has 0 aromatic heterocycles. The number of likely N-dealkylation sites (N-methyl/N-ethyl adjacent to an activating group) is 1. The highest BCUT2D eigenvalue weighted by molar-refractivity contribution is 5.61. The Morgan fingerprint density at radius 3 is 2.45 bits per heavy atom. The summed E-state index contributed by atoms with van der Waals surface area (Å²) in [5.41, 5.74) is 0.949. The quantitative estimate of drug-likeness (QED) is 0.694. The second kappa shape index (κ2) is 3.88. The van der Waals surface area contributed by atoms with Crippen molar-refractivity contribution >= 4 is 6.29 Å². The molecule has 2 heteroatoms. The summed E-state index contributed by atoms with van der Waals surface area (Å²) in [6, 6.07) is 9.21. The van der Waals surface area contributed by atoms with Gasteiger partial charge < -0.3 is 5.32 Å². The lowest BCUT2D eigenvalue weighted by atomic mass is 10.1. The smallest absolute Gasteiger partial charge is 0.221 e. The van der Waals surface area contributed by atoms with E-state index >= 15 is 0 Å². The van der Waals surface area contributed by atoms with Crippen molar-refractivity contribution in [3.8, 4) is 0 Å². The number of hydrogen-bond donors (Lipinski definition) is 1. The van der Waals surface area contributed by atoms with Crippen LogP contribution in [0.25, 0.3) is 0 Å². The number of benzene rings is 1. The van der Waals surface area contributed by atoms with E-state index in [1.165, 1.54) is 0 Å². The lowest BCUT2D eigenvalue weighted by Gasteiger charge is -2.06. The zero-order chi connectivity index (χ0) is 8.10. The van der Waals surface area contributed by atoms with Crippen LogP contribution < -0.4 is 5.32 Å². The Morgan fingerprint density at radius 2 is 2.00 bits per heavy atom. The molecule has 0 spiro atoms. The summed E-state index contributed by atoms with van der Waals surface area (Å²) in [4.78, 5) is 10.3. The molecule has 1 atom stereocenters. The van der Waals surface area contributed by atoms with Gasteiger partial charge in [-0.15, -0.1) is 0 Å². The van der Waals surface area contributed by atoms with Gasteiger partial charge in [0.2, 0.25) is 6.29 Å². The SMILES string of the molecule is CN[C@H]([C]=O)c1ccccc1. The molecule has 1 rings (SSSR count). The van der Waals surface area contributed by atoms with Crippen molar-refractivity contribution in [2.75, 3.05) is 7.05 Å². The summed E-state index contributed by atoms with van der Waals surface area (Å²) in [6.45, 7) is 0. The molecule has 0 saturated carbocycles. The van der Waals surface area contributed by atoms with Crippen LogP contribution in [0.3, 0.4) is 0 Å². The first-order valence-corrected chi connectivity index (χ1v) is 3.48. The molecule has 0 amide bonds. The van der Waals surface area contributed by atoms with Crippen LogP contribution in [0.4, 0.5) is 0 Å². The second-order valence-corrected chi connectivity index (χ2v) is 2.25. The molecule has 2 nitrogen and oxygen atoms in total. The predicted molar refractivity (Wildman–Crippen MR) is 43.9 cm³/mol. The minimum Gasteiger partial charge on any atom is -0.306 e. The van der Waals surface area contributed by atoms with Crippen LogP contribution in [0.5, 0.6) is 0 Å². The van der Waals surface area contributed by atoms with Gasteiger partial charge in [0, 0.05) is 0 Å². The Kier molecular flexibility index (Phi) is 2.81. The highest BCUT2D eigenvalue weighted by atomic mass is 16.1. The minimum atomic E-state index is -0.295. The zero-order valence-electron chi connectivity index (χ0n) is 6.37. The normalized spacial score (nSPS) is 12.5. The van der Waals surface area contributed by atoms with Crippen molar-refractivity contribution in [1.29, 1.82) is 0 Å². The summed E-state index contributed by atoms with van der Waals surface area (Å²) in [6.07, 6.45) is 1.91. The summed E-state index contributed by atoms with van der Waals surface area (Å²) < 4.78 is 0. The number of nitrogens with one attached hydrogen (secondary N) is 1. The van der Waals surface area contributed by atoms with Crippen molar-refractivity contribution in [3.05, 3.63) is 35.9 Å². The number of carbonyl (C=O) groups excluding carboxylic acids is 1. The Morgan fingerprint density at radius 1 is 1.36 bits per heavy atom. The van der Waals surface area contributed by atoms with Gasteiger partial charge in [-0.05, 0) is 12.6 Å². The fourth-order valence-corrected chi connectivity index (χ4v) is 0.939. The summed E-state index contributed by atoms with van der Waals surface area (Å²) >= 11 is 0. The average molecular weight is 148 g/mol. The Balaban J connectivity index is 2.82. The van der Waals surface area contributed by atoms with Crippen molar-refractivity contribution in [2.24, 2.45) is 0 Å². The molecule has 1 N–H and O–H groups in total. The van der Waals surface area contributed by atoms with E-state index in [1.54, 1.807) is 7.05 Å². The largest absolute Gasteiger partial charge is 0.306 e. The number of hydrogen-bond acceptors (Lipinski definition) is 2. The van der Waals surface area contributed by atoms with Crippen LogP contribution in [0.15, 0.2) is 30.3 Å². The van der Waals surface area contributed by atoms with Crippen molar-refractivity contribution in [2.45, 2.75) is 6.04 Å². The summed E-state index contributed by atoms with van der Waals surface area (Å²) in [7, 11) is 1.74. The highest BCUT2D eigenvalue weighted by Gasteiger charge is 2.05. The van der Waals surface area contributed by atoms with Crippen LogP contribution in [0, 0.1) is 0 Å². The molecule has 0 aliphatic carbocycles. The molecule has 1 aromatic rings. The maximum Gasteiger partial charge on any atom is 0.221 e. The first kappa shape index (κ1) is 7.95. The molecule has 0 unspecified atom stereocenters. The van der Waals surface area contributed by atoms with Crippen molar-refractivity contribution in [3.63, 3.8) is 0 Å². The van der Waals surface area contributed by atoms with Gasteiger partial charge in [-0.2, -0.15) is 0 Å². The van der Waals surface area contributed by atoms with Gasteiger partial charge in [-0.25, -0.2) is 0 Å². The second-order valence-electron chi connectivity index (χ2n) is 2.25. The van der Waals surface area contributed by atoms with Gasteiger partial charge in [-0.3, -0.25) is 4.79 Å². The van der Waals surface area contributed by atoms with E-state index in [4.69, 9.17) is 0 Å². The van der Waals surface area contributed by atoms with Gasteiger partial charge in [0.15, 0.2) is 0 Å². The van der Waals surface area contributed by atoms with Crippen LogP contribution in [-0.4, -0.2) is 13.3 Å². The van der Waals surface area contributed by atoms with E-state index in [9.17, 15) is 4.79 Å². The van der Waals surface area contributed by atoms with E-state index < -0.39 is 0 Å². The fraction of sp³-hybridized carbons (Fsp3) is 0.222. The molecule has 11 heavy (non-hydrogen) atoms. The Bertz CT molecular complexity index is 220. The van der Waals surface area contributed by atoms with Gasteiger partial charge in [0.05, 0.1) is 6.04 Å². The fourth-order valence-electron chi connectivity index (χ4n) is 0.939. The van der Waals surface area contributed by atoms with E-state index in [-0.39, 0.29) is 6.04 Å². The monoisotopic (exact) mass is 148 g/mol. The van der Waals surface area contributed by atoms with Gasteiger partial charge in [0.1, 0.15) is 0 Å². The molecule has 1 aromatic carbocycles. The minimum absolute atomic E-state index is 0.295. The molecule has 0 aliphatic rings.